The summed E-state index contributed by atoms with van der Waals surface area (Å²) in [5, 5.41) is 2.97. The zero-order valence-corrected chi connectivity index (χ0v) is 9.57. The predicted molar refractivity (Wildman–Crippen MR) is 58.2 cm³/mol. The number of nitrogens with one attached hydrogen (secondary N) is 2. The zero-order chi connectivity index (χ0) is 11.4. The number of piperidine rings is 1. The highest BCUT2D eigenvalue weighted by atomic mass is 32.2. The Balaban J connectivity index is 2.08. The fraction of sp³-hybridized carbons (Fsp3) is 0.556. The molecule has 0 amide bonds. The van der Waals surface area contributed by atoms with Crippen molar-refractivity contribution in [1.82, 2.24) is 20.0 Å². The lowest BCUT2D eigenvalue weighted by Gasteiger charge is -2.22. The predicted octanol–water partition coefficient (Wildman–Crippen LogP) is -0.493. The van der Waals surface area contributed by atoms with E-state index in [1.807, 2.05) is 0 Å². The summed E-state index contributed by atoms with van der Waals surface area (Å²) in [4.78, 5) is 7.47. The average molecular weight is 242 g/mol. The van der Waals surface area contributed by atoms with Crippen molar-refractivity contribution in [3.63, 3.8) is 0 Å². The van der Waals surface area contributed by atoms with Gasteiger partial charge in [-0.05, 0) is 25.5 Å². The Morgan fingerprint density at radius 1 is 1.38 bits per heavy atom. The molecular weight excluding hydrogens is 228 g/mol. The van der Waals surface area contributed by atoms with Gasteiger partial charge in [0.2, 0.25) is 0 Å². The van der Waals surface area contributed by atoms with E-state index in [2.05, 4.69) is 20.0 Å². The first-order chi connectivity index (χ1) is 7.68. The van der Waals surface area contributed by atoms with E-state index in [9.17, 15) is 8.42 Å². The van der Waals surface area contributed by atoms with Gasteiger partial charge in [0.05, 0.1) is 0 Å². The quantitative estimate of drug-likeness (QED) is 0.699. The van der Waals surface area contributed by atoms with Gasteiger partial charge in [0, 0.05) is 25.0 Å². The van der Waals surface area contributed by atoms with Gasteiger partial charge in [0.1, 0.15) is 0 Å². The molecule has 1 fully saturated rings. The normalized spacial score (nSPS) is 21.9. The van der Waals surface area contributed by atoms with E-state index in [1.54, 1.807) is 6.07 Å². The lowest BCUT2D eigenvalue weighted by Crippen LogP contribution is -2.45. The molecular formula is C9H14N4O2S. The number of nitrogens with zero attached hydrogens (tertiary/aromatic N) is 2. The third-order valence-electron chi connectivity index (χ3n) is 2.40. The Morgan fingerprint density at radius 2 is 2.12 bits per heavy atom. The molecule has 1 aliphatic rings. The largest absolute Gasteiger partial charge is 0.315 e. The van der Waals surface area contributed by atoms with Crippen LogP contribution in [0.1, 0.15) is 12.8 Å². The van der Waals surface area contributed by atoms with Crippen molar-refractivity contribution in [2.45, 2.75) is 24.0 Å². The molecule has 0 bridgehead atoms. The van der Waals surface area contributed by atoms with Crippen molar-refractivity contribution in [1.29, 1.82) is 0 Å². The van der Waals surface area contributed by atoms with Crippen LogP contribution >= 0.6 is 0 Å². The SMILES string of the molecule is O=S(=O)(NC1CCCNC1)c1ncccn1. The molecule has 2 N–H and O–H groups in total. The second-order valence-corrected chi connectivity index (χ2v) is 5.30. The minimum atomic E-state index is -3.57. The van der Waals surface area contributed by atoms with E-state index >= 15 is 0 Å². The van der Waals surface area contributed by atoms with Crippen LogP contribution in [0.5, 0.6) is 0 Å². The van der Waals surface area contributed by atoms with E-state index < -0.39 is 10.0 Å². The monoisotopic (exact) mass is 242 g/mol. The highest BCUT2D eigenvalue weighted by molar-refractivity contribution is 7.89. The van der Waals surface area contributed by atoms with Crippen molar-refractivity contribution >= 4 is 10.0 Å². The van der Waals surface area contributed by atoms with Crippen LogP contribution in [0.4, 0.5) is 0 Å². The van der Waals surface area contributed by atoms with Crippen molar-refractivity contribution < 1.29 is 8.42 Å². The van der Waals surface area contributed by atoms with Gasteiger partial charge in [-0.25, -0.2) is 23.1 Å². The Kier molecular flexibility index (Phi) is 3.47. The number of sulfonamides is 1. The summed E-state index contributed by atoms with van der Waals surface area (Å²) >= 11 is 0. The van der Waals surface area contributed by atoms with Crippen LogP contribution < -0.4 is 10.0 Å². The van der Waals surface area contributed by atoms with E-state index in [1.165, 1.54) is 12.4 Å². The van der Waals surface area contributed by atoms with Crippen LogP contribution in [-0.2, 0) is 10.0 Å². The summed E-state index contributed by atoms with van der Waals surface area (Å²) in [6.07, 6.45) is 4.66. The minimum Gasteiger partial charge on any atom is -0.315 e. The van der Waals surface area contributed by atoms with Gasteiger partial charge in [-0.3, -0.25) is 0 Å². The molecule has 0 saturated carbocycles. The first-order valence-electron chi connectivity index (χ1n) is 5.18. The van der Waals surface area contributed by atoms with Crippen LogP contribution in [0.25, 0.3) is 0 Å². The molecule has 1 unspecified atom stereocenters. The van der Waals surface area contributed by atoms with Crippen LogP contribution in [0.2, 0.25) is 0 Å². The molecule has 1 saturated heterocycles. The first kappa shape index (κ1) is 11.4. The lowest BCUT2D eigenvalue weighted by molar-refractivity contribution is 0.427. The van der Waals surface area contributed by atoms with E-state index in [-0.39, 0.29) is 11.2 Å². The van der Waals surface area contributed by atoms with Gasteiger partial charge in [-0.2, -0.15) is 0 Å². The average Bonchev–Trinajstić information content (AvgIpc) is 2.31. The Labute approximate surface area is 94.6 Å². The molecule has 2 heterocycles. The molecule has 1 aliphatic heterocycles. The van der Waals surface area contributed by atoms with Crippen molar-refractivity contribution in [2.75, 3.05) is 13.1 Å². The third-order valence-corrected chi connectivity index (χ3v) is 3.74. The van der Waals surface area contributed by atoms with Gasteiger partial charge in [-0.1, -0.05) is 0 Å². The van der Waals surface area contributed by atoms with Gasteiger partial charge < -0.3 is 5.32 Å². The van der Waals surface area contributed by atoms with Crippen molar-refractivity contribution in [3.05, 3.63) is 18.5 Å². The number of rotatable bonds is 3. The molecule has 1 atom stereocenters. The Hall–Kier alpha value is -1.05. The maximum atomic E-state index is 11.8. The smallest absolute Gasteiger partial charge is 0.276 e. The van der Waals surface area contributed by atoms with Crippen molar-refractivity contribution in [3.8, 4) is 0 Å². The molecule has 6 nitrogen and oxygen atoms in total. The zero-order valence-electron chi connectivity index (χ0n) is 8.76. The number of hydrogen-bond donors (Lipinski definition) is 2. The Morgan fingerprint density at radius 3 is 2.75 bits per heavy atom. The van der Waals surface area contributed by atoms with E-state index in [0.29, 0.717) is 6.54 Å². The van der Waals surface area contributed by atoms with Crippen LogP contribution in [0.3, 0.4) is 0 Å². The highest BCUT2D eigenvalue weighted by Gasteiger charge is 2.23. The molecule has 1 aromatic rings. The molecule has 0 spiro atoms. The fourth-order valence-electron chi connectivity index (χ4n) is 1.65. The third kappa shape index (κ3) is 2.75. The minimum absolute atomic E-state index is 0.0671. The van der Waals surface area contributed by atoms with Gasteiger partial charge in [0.25, 0.3) is 15.2 Å². The summed E-state index contributed by atoms with van der Waals surface area (Å²) in [6.45, 7) is 1.60. The summed E-state index contributed by atoms with van der Waals surface area (Å²) in [5.41, 5.74) is 0. The molecule has 16 heavy (non-hydrogen) atoms. The van der Waals surface area contributed by atoms with E-state index in [4.69, 9.17) is 0 Å². The molecule has 2 rings (SSSR count). The fourth-order valence-corrected chi connectivity index (χ4v) is 2.79. The first-order valence-corrected chi connectivity index (χ1v) is 6.67. The maximum Gasteiger partial charge on any atom is 0.276 e. The molecule has 1 aromatic heterocycles. The summed E-state index contributed by atoms with van der Waals surface area (Å²) in [5.74, 6) is 0. The van der Waals surface area contributed by atoms with Gasteiger partial charge in [0.15, 0.2) is 0 Å². The lowest BCUT2D eigenvalue weighted by atomic mass is 10.1. The highest BCUT2D eigenvalue weighted by Crippen LogP contribution is 2.06. The van der Waals surface area contributed by atoms with E-state index in [0.717, 1.165) is 19.4 Å². The topological polar surface area (TPSA) is 84.0 Å². The van der Waals surface area contributed by atoms with Crippen LogP contribution in [0.15, 0.2) is 23.6 Å². The summed E-state index contributed by atoms with van der Waals surface area (Å²) in [6, 6.07) is 1.52. The second-order valence-electron chi connectivity index (χ2n) is 3.70. The molecule has 88 valence electrons. The summed E-state index contributed by atoms with van der Waals surface area (Å²) in [7, 11) is -3.57. The van der Waals surface area contributed by atoms with Gasteiger partial charge >= 0.3 is 0 Å². The summed E-state index contributed by atoms with van der Waals surface area (Å²) < 4.78 is 26.3. The van der Waals surface area contributed by atoms with Crippen LogP contribution in [0, 0.1) is 0 Å². The Bertz CT molecular complexity index is 428. The maximum absolute atomic E-state index is 11.8. The second kappa shape index (κ2) is 4.86. The van der Waals surface area contributed by atoms with Crippen molar-refractivity contribution in [2.24, 2.45) is 0 Å². The molecule has 0 radical (unpaired) electrons. The molecule has 0 aliphatic carbocycles. The standard InChI is InChI=1S/C9H14N4O2S/c14-16(15,9-11-5-2-6-12-9)13-8-3-1-4-10-7-8/h2,5-6,8,10,13H,1,3-4,7H2. The molecule has 7 heteroatoms. The van der Waals surface area contributed by atoms with Gasteiger partial charge in [-0.15, -0.1) is 0 Å². The number of aromatic nitrogens is 2. The molecule has 0 aromatic carbocycles. The number of hydrogen-bond acceptors (Lipinski definition) is 5. The van der Waals surface area contributed by atoms with Crippen LogP contribution in [-0.4, -0.2) is 37.5 Å².